The van der Waals surface area contributed by atoms with Gasteiger partial charge in [-0.2, -0.15) is 0 Å². The zero-order valence-electron chi connectivity index (χ0n) is 11.2. The van der Waals surface area contributed by atoms with Crippen molar-refractivity contribution < 1.29 is 0 Å². The molecule has 0 radical (unpaired) electrons. The lowest BCUT2D eigenvalue weighted by molar-refractivity contribution is 0.236. The van der Waals surface area contributed by atoms with Crippen LogP contribution in [0.15, 0.2) is 0 Å². The fourth-order valence-electron chi connectivity index (χ4n) is 2.93. The SMILES string of the molecule is CC(CNC1CCCC(C2CC2)C1)N(C)C. The van der Waals surface area contributed by atoms with Gasteiger partial charge in [-0.25, -0.2) is 0 Å². The first kappa shape index (κ1) is 12.4. The van der Waals surface area contributed by atoms with E-state index < -0.39 is 0 Å². The van der Waals surface area contributed by atoms with Gasteiger partial charge in [0, 0.05) is 18.6 Å². The molecule has 2 rings (SSSR count). The van der Waals surface area contributed by atoms with E-state index in [9.17, 15) is 0 Å². The summed E-state index contributed by atoms with van der Waals surface area (Å²) in [6.07, 6.45) is 8.85. The standard InChI is InChI=1S/C14H28N2/c1-11(16(2)3)10-15-14-6-4-5-13(9-14)12-7-8-12/h11-15H,4-10H2,1-3H3. The summed E-state index contributed by atoms with van der Waals surface area (Å²) in [5.41, 5.74) is 0. The average Bonchev–Trinajstić information content (AvgIpc) is 3.10. The topological polar surface area (TPSA) is 15.3 Å². The molecule has 0 amide bonds. The molecule has 3 unspecified atom stereocenters. The quantitative estimate of drug-likeness (QED) is 0.772. The van der Waals surface area contributed by atoms with E-state index in [1.165, 1.54) is 38.5 Å². The van der Waals surface area contributed by atoms with Gasteiger partial charge in [0.1, 0.15) is 0 Å². The van der Waals surface area contributed by atoms with E-state index in [1.54, 1.807) is 0 Å². The molecule has 0 saturated heterocycles. The highest BCUT2D eigenvalue weighted by Crippen LogP contribution is 2.43. The van der Waals surface area contributed by atoms with Crippen molar-refractivity contribution in [3.63, 3.8) is 0 Å². The van der Waals surface area contributed by atoms with Crippen LogP contribution in [0.25, 0.3) is 0 Å². The molecule has 2 nitrogen and oxygen atoms in total. The number of nitrogens with zero attached hydrogens (tertiary/aromatic N) is 1. The van der Waals surface area contributed by atoms with E-state index in [0.717, 1.165) is 24.4 Å². The summed E-state index contributed by atoms with van der Waals surface area (Å²) in [5.74, 6) is 2.16. The summed E-state index contributed by atoms with van der Waals surface area (Å²) in [6.45, 7) is 3.45. The second kappa shape index (κ2) is 5.50. The summed E-state index contributed by atoms with van der Waals surface area (Å²) in [5, 5.41) is 3.77. The summed E-state index contributed by atoms with van der Waals surface area (Å²) < 4.78 is 0. The Hall–Kier alpha value is -0.0800. The molecule has 0 aromatic heterocycles. The molecular formula is C14H28N2. The van der Waals surface area contributed by atoms with Crippen LogP contribution in [0.4, 0.5) is 0 Å². The van der Waals surface area contributed by atoms with Gasteiger partial charge < -0.3 is 10.2 Å². The van der Waals surface area contributed by atoms with Crippen LogP contribution in [0.5, 0.6) is 0 Å². The monoisotopic (exact) mass is 224 g/mol. The van der Waals surface area contributed by atoms with Crippen molar-refractivity contribution in [1.82, 2.24) is 10.2 Å². The lowest BCUT2D eigenvalue weighted by atomic mass is 9.82. The second-order valence-electron chi connectivity index (χ2n) is 6.18. The van der Waals surface area contributed by atoms with Crippen molar-refractivity contribution in [2.75, 3.05) is 20.6 Å². The van der Waals surface area contributed by atoms with Crippen LogP contribution in [0.2, 0.25) is 0 Å². The highest BCUT2D eigenvalue weighted by molar-refractivity contribution is 4.88. The van der Waals surface area contributed by atoms with Gasteiger partial charge in [-0.1, -0.05) is 12.8 Å². The van der Waals surface area contributed by atoms with Gasteiger partial charge in [0.25, 0.3) is 0 Å². The van der Waals surface area contributed by atoms with Crippen LogP contribution in [0.1, 0.15) is 45.4 Å². The highest BCUT2D eigenvalue weighted by Gasteiger charge is 2.34. The molecular weight excluding hydrogens is 196 g/mol. The largest absolute Gasteiger partial charge is 0.312 e. The summed E-state index contributed by atoms with van der Waals surface area (Å²) in [4.78, 5) is 2.30. The van der Waals surface area contributed by atoms with Crippen molar-refractivity contribution >= 4 is 0 Å². The Kier molecular flexibility index (Phi) is 4.26. The van der Waals surface area contributed by atoms with E-state index in [2.05, 4.69) is 31.2 Å². The van der Waals surface area contributed by atoms with Crippen LogP contribution < -0.4 is 5.32 Å². The second-order valence-corrected chi connectivity index (χ2v) is 6.18. The van der Waals surface area contributed by atoms with Gasteiger partial charge in [-0.3, -0.25) is 0 Å². The van der Waals surface area contributed by atoms with Crippen LogP contribution >= 0.6 is 0 Å². The maximum absolute atomic E-state index is 3.77. The van der Waals surface area contributed by atoms with Crippen molar-refractivity contribution in [3.8, 4) is 0 Å². The third kappa shape index (κ3) is 3.46. The lowest BCUT2D eigenvalue weighted by Gasteiger charge is -2.31. The predicted molar refractivity (Wildman–Crippen MR) is 69.6 cm³/mol. The van der Waals surface area contributed by atoms with Gasteiger partial charge in [-0.15, -0.1) is 0 Å². The molecule has 3 atom stereocenters. The summed E-state index contributed by atoms with van der Waals surface area (Å²) >= 11 is 0. The molecule has 94 valence electrons. The number of hydrogen-bond acceptors (Lipinski definition) is 2. The van der Waals surface area contributed by atoms with Gasteiger partial charge >= 0.3 is 0 Å². The normalized spacial score (nSPS) is 33.0. The summed E-state index contributed by atoms with van der Waals surface area (Å²) in [6, 6.07) is 1.46. The zero-order valence-corrected chi connectivity index (χ0v) is 11.2. The molecule has 16 heavy (non-hydrogen) atoms. The van der Waals surface area contributed by atoms with Gasteiger partial charge in [0.2, 0.25) is 0 Å². The first-order valence-corrected chi connectivity index (χ1v) is 7.06. The average molecular weight is 224 g/mol. The van der Waals surface area contributed by atoms with E-state index in [1.807, 2.05) is 0 Å². The molecule has 1 N–H and O–H groups in total. The van der Waals surface area contributed by atoms with E-state index in [-0.39, 0.29) is 0 Å². The van der Waals surface area contributed by atoms with E-state index >= 15 is 0 Å². The molecule has 0 aromatic rings. The Morgan fingerprint density at radius 1 is 1.12 bits per heavy atom. The van der Waals surface area contributed by atoms with Crippen molar-refractivity contribution in [2.45, 2.75) is 57.5 Å². The molecule has 2 saturated carbocycles. The highest BCUT2D eigenvalue weighted by atomic mass is 15.1. The van der Waals surface area contributed by atoms with E-state index in [0.29, 0.717) is 6.04 Å². The summed E-state index contributed by atoms with van der Waals surface area (Å²) in [7, 11) is 4.33. The molecule has 0 aliphatic heterocycles. The van der Waals surface area contributed by atoms with Gasteiger partial charge in [-0.05, 0) is 58.5 Å². The maximum Gasteiger partial charge on any atom is 0.0186 e. The van der Waals surface area contributed by atoms with Crippen LogP contribution in [-0.4, -0.2) is 37.6 Å². The molecule has 2 aliphatic carbocycles. The molecule has 0 spiro atoms. The molecule has 2 fully saturated rings. The third-order valence-electron chi connectivity index (χ3n) is 4.59. The minimum Gasteiger partial charge on any atom is -0.312 e. The fourth-order valence-corrected chi connectivity index (χ4v) is 2.93. The molecule has 0 heterocycles. The van der Waals surface area contributed by atoms with Crippen LogP contribution in [0, 0.1) is 11.8 Å². The Balaban J connectivity index is 1.68. The first-order chi connectivity index (χ1) is 7.66. The number of rotatable bonds is 5. The number of likely N-dealkylation sites (N-methyl/N-ethyl adjacent to an activating group) is 1. The molecule has 0 aromatic carbocycles. The molecule has 2 aliphatic rings. The Labute approximate surface area is 101 Å². The lowest BCUT2D eigenvalue weighted by Crippen LogP contribution is -2.42. The van der Waals surface area contributed by atoms with E-state index in [4.69, 9.17) is 0 Å². The molecule has 0 bridgehead atoms. The Morgan fingerprint density at radius 2 is 1.88 bits per heavy atom. The van der Waals surface area contributed by atoms with Gasteiger partial charge in [0.15, 0.2) is 0 Å². The van der Waals surface area contributed by atoms with Crippen molar-refractivity contribution in [1.29, 1.82) is 0 Å². The molecule has 2 heteroatoms. The number of nitrogens with one attached hydrogen (secondary N) is 1. The minimum atomic E-state index is 0.654. The smallest absolute Gasteiger partial charge is 0.0186 e. The maximum atomic E-state index is 3.77. The third-order valence-corrected chi connectivity index (χ3v) is 4.59. The van der Waals surface area contributed by atoms with Gasteiger partial charge in [0.05, 0.1) is 0 Å². The predicted octanol–water partition coefficient (Wildman–Crippen LogP) is 2.49. The van der Waals surface area contributed by atoms with Crippen molar-refractivity contribution in [2.24, 2.45) is 11.8 Å². The Bertz CT molecular complexity index is 211. The number of hydrogen-bond donors (Lipinski definition) is 1. The van der Waals surface area contributed by atoms with Crippen LogP contribution in [-0.2, 0) is 0 Å². The van der Waals surface area contributed by atoms with Crippen molar-refractivity contribution in [3.05, 3.63) is 0 Å². The minimum absolute atomic E-state index is 0.654. The fraction of sp³-hybridized carbons (Fsp3) is 1.00. The Morgan fingerprint density at radius 3 is 2.50 bits per heavy atom. The first-order valence-electron chi connectivity index (χ1n) is 7.06. The van der Waals surface area contributed by atoms with Crippen LogP contribution in [0.3, 0.4) is 0 Å². The zero-order chi connectivity index (χ0) is 11.5.